The topological polar surface area (TPSA) is 72.5 Å². The third-order valence-corrected chi connectivity index (χ3v) is 4.01. The van der Waals surface area contributed by atoms with Crippen molar-refractivity contribution in [3.05, 3.63) is 69.4 Å². The molecule has 116 valence electrons. The predicted octanol–water partition coefficient (Wildman–Crippen LogP) is 4.19. The van der Waals surface area contributed by atoms with Gasteiger partial charge in [-0.15, -0.1) is 0 Å². The van der Waals surface area contributed by atoms with Crippen LogP contribution in [0.15, 0.2) is 53.6 Å². The number of hydrazone groups is 1. The van der Waals surface area contributed by atoms with Gasteiger partial charge in [-0.2, -0.15) is 5.10 Å². The molecule has 0 aliphatic rings. The van der Waals surface area contributed by atoms with E-state index < -0.39 is 4.92 Å². The second kappa shape index (κ2) is 6.10. The Labute approximate surface area is 137 Å². The number of halogens is 1. The maximum atomic E-state index is 11.0. The van der Waals surface area contributed by atoms with E-state index >= 15 is 0 Å². The van der Waals surface area contributed by atoms with E-state index in [1.807, 2.05) is 35.9 Å². The van der Waals surface area contributed by atoms with Crippen LogP contribution < -0.4 is 5.43 Å². The summed E-state index contributed by atoms with van der Waals surface area (Å²) in [4.78, 5) is 10.5. The minimum Gasteiger partial charge on any atom is -0.334 e. The molecule has 0 aliphatic heterocycles. The molecule has 0 bridgehead atoms. The van der Waals surface area contributed by atoms with E-state index in [2.05, 4.69) is 10.5 Å². The number of hydrogen-bond donors (Lipinski definition) is 1. The first kappa shape index (κ1) is 15.1. The Morgan fingerprint density at radius 3 is 2.70 bits per heavy atom. The maximum Gasteiger partial charge on any atom is 0.294 e. The summed E-state index contributed by atoms with van der Waals surface area (Å²) in [7, 11) is 1.87. The highest BCUT2D eigenvalue weighted by molar-refractivity contribution is 6.34. The number of nitrogens with zero attached hydrogens (tertiary/aromatic N) is 3. The van der Waals surface area contributed by atoms with Crippen LogP contribution in [0.5, 0.6) is 0 Å². The SMILES string of the molecule is Cn1c(Cl)c(/C=N/Nc2ccccc2[N+](=O)[O-])c2ccccc21. The molecule has 0 unspecified atom stereocenters. The van der Waals surface area contributed by atoms with Gasteiger partial charge in [0.15, 0.2) is 0 Å². The first-order valence-electron chi connectivity index (χ1n) is 6.85. The molecule has 3 rings (SSSR count). The maximum absolute atomic E-state index is 11.0. The van der Waals surface area contributed by atoms with Gasteiger partial charge in [-0.05, 0) is 12.1 Å². The van der Waals surface area contributed by atoms with Crippen molar-refractivity contribution in [2.24, 2.45) is 12.1 Å². The van der Waals surface area contributed by atoms with E-state index in [4.69, 9.17) is 11.6 Å². The fourth-order valence-electron chi connectivity index (χ4n) is 2.41. The lowest BCUT2D eigenvalue weighted by molar-refractivity contribution is -0.384. The Morgan fingerprint density at radius 2 is 1.91 bits per heavy atom. The Hall–Kier alpha value is -2.86. The molecular weight excluding hydrogens is 316 g/mol. The third-order valence-electron chi connectivity index (χ3n) is 3.55. The molecule has 3 aromatic rings. The average Bonchev–Trinajstić information content (AvgIpc) is 2.80. The molecule has 7 heteroatoms. The lowest BCUT2D eigenvalue weighted by atomic mass is 10.2. The van der Waals surface area contributed by atoms with E-state index in [0.29, 0.717) is 10.8 Å². The van der Waals surface area contributed by atoms with E-state index in [9.17, 15) is 10.1 Å². The van der Waals surface area contributed by atoms with E-state index in [1.165, 1.54) is 6.07 Å². The Balaban J connectivity index is 1.93. The molecule has 0 saturated heterocycles. The van der Waals surface area contributed by atoms with Gasteiger partial charge in [-0.3, -0.25) is 15.5 Å². The van der Waals surface area contributed by atoms with Crippen LogP contribution >= 0.6 is 11.6 Å². The first-order chi connectivity index (χ1) is 11.1. The van der Waals surface area contributed by atoms with Gasteiger partial charge in [0.1, 0.15) is 10.8 Å². The lowest BCUT2D eigenvalue weighted by Crippen LogP contribution is -1.96. The van der Waals surface area contributed by atoms with Crippen molar-refractivity contribution in [3.8, 4) is 0 Å². The van der Waals surface area contributed by atoms with Gasteiger partial charge in [0.05, 0.1) is 11.1 Å². The highest BCUT2D eigenvalue weighted by atomic mass is 35.5. The summed E-state index contributed by atoms with van der Waals surface area (Å²) >= 11 is 6.34. The van der Waals surface area contributed by atoms with Crippen LogP contribution in [-0.2, 0) is 7.05 Å². The number of rotatable bonds is 4. The molecule has 1 N–H and O–H groups in total. The summed E-state index contributed by atoms with van der Waals surface area (Å²) in [6, 6.07) is 14.1. The number of fused-ring (bicyclic) bond motifs is 1. The number of hydrogen-bond acceptors (Lipinski definition) is 4. The van der Waals surface area contributed by atoms with Crippen LogP contribution in [0.2, 0.25) is 5.15 Å². The molecule has 1 aromatic heterocycles. The van der Waals surface area contributed by atoms with Gasteiger partial charge in [0.25, 0.3) is 5.69 Å². The van der Waals surface area contributed by atoms with Crippen molar-refractivity contribution in [2.45, 2.75) is 0 Å². The summed E-state index contributed by atoms with van der Waals surface area (Å²) in [6.45, 7) is 0. The van der Waals surface area contributed by atoms with Crippen molar-refractivity contribution in [1.29, 1.82) is 0 Å². The highest BCUT2D eigenvalue weighted by Crippen LogP contribution is 2.28. The average molecular weight is 329 g/mol. The number of aryl methyl sites for hydroxylation is 1. The summed E-state index contributed by atoms with van der Waals surface area (Å²) in [6.07, 6.45) is 1.57. The zero-order valence-electron chi connectivity index (χ0n) is 12.2. The fourth-order valence-corrected chi connectivity index (χ4v) is 2.65. The molecule has 1 heterocycles. The number of nitrogens with one attached hydrogen (secondary N) is 1. The summed E-state index contributed by atoms with van der Waals surface area (Å²) < 4.78 is 1.86. The van der Waals surface area contributed by atoms with Gasteiger partial charge in [0.2, 0.25) is 0 Å². The standard InChI is InChI=1S/C16H13ClN4O2/c1-20-14-8-4-2-6-11(14)12(16(20)17)10-18-19-13-7-3-5-9-15(13)21(22)23/h2-10,19H,1H3/b18-10+. The number of para-hydroxylation sites is 3. The number of nitro benzene ring substituents is 1. The number of anilines is 1. The molecule has 23 heavy (non-hydrogen) atoms. The predicted molar refractivity (Wildman–Crippen MR) is 92.2 cm³/mol. The Bertz CT molecular complexity index is 918. The largest absolute Gasteiger partial charge is 0.334 e. The summed E-state index contributed by atoms with van der Waals surface area (Å²) in [5, 5.41) is 16.6. The monoisotopic (exact) mass is 328 g/mol. The van der Waals surface area contributed by atoms with E-state index in [-0.39, 0.29) is 5.69 Å². The van der Waals surface area contributed by atoms with Gasteiger partial charge < -0.3 is 4.57 Å². The Kier molecular flexibility index (Phi) is 3.99. The minimum atomic E-state index is -0.456. The van der Waals surface area contributed by atoms with Crippen molar-refractivity contribution < 1.29 is 4.92 Å². The smallest absolute Gasteiger partial charge is 0.294 e. The van der Waals surface area contributed by atoms with Crippen molar-refractivity contribution in [1.82, 2.24) is 4.57 Å². The van der Waals surface area contributed by atoms with Crippen LogP contribution in [0.4, 0.5) is 11.4 Å². The van der Waals surface area contributed by atoms with Gasteiger partial charge in [-0.1, -0.05) is 41.9 Å². The van der Waals surface area contributed by atoms with Crippen LogP contribution in [-0.4, -0.2) is 15.7 Å². The molecule has 0 saturated carbocycles. The van der Waals surface area contributed by atoms with E-state index in [0.717, 1.165) is 16.5 Å². The minimum absolute atomic E-state index is 0.0336. The van der Waals surface area contributed by atoms with Crippen LogP contribution in [0.3, 0.4) is 0 Å². The summed E-state index contributed by atoms with van der Waals surface area (Å²) in [5.41, 5.74) is 4.75. The molecular formula is C16H13ClN4O2. The van der Waals surface area contributed by atoms with E-state index in [1.54, 1.807) is 24.4 Å². The lowest BCUT2D eigenvalue weighted by Gasteiger charge is -2.01. The second-order valence-corrected chi connectivity index (χ2v) is 5.28. The zero-order valence-corrected chi connectivity index (χ0v) is 13.0. The van der Waals surface area contributed by atoms with Crippen LogP contribution in [0.25, 0.3) is 10.9 Å². The van der Waals surface area contributed by atoms with Gasteiger partial charge >= 0.3 is 0 Å². The molecule has 0 spiro atoms. The third kappa shape index (κ3) is 2.76. The van der Waals surface area contributed by atoms with Crippen LogP contribution in [0.1, 0.15) is 5.56 Å². The van der Waals surface area contributed by atoms with Gasteiger partial charge in [0, 0.05) is 29.6 Å². The number of benzene rings is 2. The molecule has 2 aromatic carbocycles. The first-order valence-corrected chi connectivity index (χ1v) is 7.23. The molecule has 0 fully saturated rings. The van der Waals surface area contributed by atoms with Gasteiger partial charge in [-0.25, -0.2) is 0 Å². The molecule has 6 nitrogen and oxygen atoms in total. The summed E-state index contributed by atoms with van der Waals surface area (Å²) in [5.74, 6) is 0. The van der Waals surface area contributed by atoms with Crippen molar-refractivity contribution >= 4 is 40.1 Å². The molecule has 0 radical (unpaired) electrons. The molecule has 0 atom stereocenters. The highest BCUT2D eigenvalue weighted by Gasteiger charge is 2.13. The quantitative estimate of drug-likeness (QED) is 0.443. The normalized spacial score (nSPS) is 11.2. The van der Waals surface area contributed by atoms with Crippen molar-refractivity contribution in [2.75, 3.05) is 5.43 Å². The fraction of sp³-hybridized carbons (Fsp3) is 0.0625. The molecule has 0 aliphatic carbocycles. The molecule has 0 amide bonds. The van der Waals surface area contributed by atoms with Crippen LogP contribution in [0, 0.1) is 10.1 Å². The number of aromatic nitrogens is 1. The number of nitro groups is 1. The Morgan fingerprint density at radius 1 is 1.22 bits per heavy atom. The van der Waals surface area contributed by atoms with Crippen molar-refractivity contribution in [3.63, 3.8) is 0 Å². The zero-order chi connectivity index (χ0) is 16.4. The second-order valence-electron chi connectivity index (χ2n) is 4.92.